The van der Waals surface area contributed by atoms with Crippen molar-refractivity contribution in [3.8, 4) is 0 Å². The summed E-state index contributed by atoms with van der Waals surface area (Å²) in [7, 11) is 0. The van der Waals surface area contributed by atoms with Crippen molar-refractivity contribution in [3.63, 3.8) is 0 Å². The highest BCUT2D eigenvalue weighted by Crippen LogP contribution is 2.58. The average molecular weight is 368 g/mol. The number of halogens is 3. The lowest BCUT2D eigenvalue weighted by Gasteiger charge is -2.30. The molecule has 2 unspecified atom stereocenters. The van der Waals surface area contributed by atoms with Crippen LogP contribution in [0.4, 0.5) is 24.5 Å². The van der Waals surface area contributed by atoms with Crippen molar-refractivity contribution >= 4 is 23.2 Å². The van der Waals surface area contributed by atoms with Gasteiger partial charge in [0.15, 0.2) is 0 Å². The number of nitrogens with one attached hydrogen (secondary N) is 1. The van der Waals surface area contributed by atoms with Crippen LogP contribution < -0.4 is 10.2 Å². The molecule has 2 atom stereocenters. The lowest BCUT2D eigenvalue weighted by atomic mass is 10.00. The molecule has 0 aromatic heterocycles. The Morgan fingerprint density at radius 2 is 2.15 bits per heavy atom. The van der Waals surface area contributed by atoms with Gasteiger partial charge in [-0.05, 0) is 43.0 Å². The van der Waals surface area contributed by atoms with Gasteiger partial charge in [-0.1, -0.05) is 0 Å². The van der Waals surface area contributed by atoms with Crippen LogP contribution in [0.15, 0.2) is 18.2 Å². The van der Waals surface area contributed by atoms with Crippen LogP contribution in [0.5, 0.6) is 0 Å². The number of carbonyl (C=O) groups excluding carboxylic acids is 2. The molecule has 1 aromatic rings. The number of benzene rings is 1. The first-order chi connectivity index (χ1) is 12.3. The highest BCUT2D eigenvalue weighted by Gasteiger charge is 2.59. The largest absolute Gasteiger partial charge is 0.406 e. The Balaban J connectivity index is 1.49. The maximum absolute atomic E-state index is 12.7. The molecule has 1 saturated carbocycles. The molecule has 2 heterocycles. The highest BCUT2D eigenvalue weighted by molar-refractivity contribution is 5.98. The van der Waals surface area contributed by atoms with Gasteiger partial charge >= 0.3 is 6.18 Å². The fourth-order valence-corrected chi connectivity index (χ4v) is 4.00. The summed E-state index contributed by atoms with van der Waals surface area (Å²) in [5.41, 5.74) is 1.44. The number of amides is 2. The Morgan fingerprint density at radius 1 is 1.35 bits per heavy atom. The van der Waals surface area contributed by atoms with Crippen LogP contribution >= 0.6 is 0 Å². The van der Waals surface area contributed by atoms with Crippen LogP contribution in [-0.4, -0.2) is 37.7 Å². The molecule has 2 aliphatic heterocycles. The number of hydrogen-bond donors (Lipinski definition) is 1. The van der Waals surface area contributed by atoms with Crippen LogP contribution in [0.3, 0.4) is 0 Å². The van der Waals surface area contributed by atoms with E-state index in [1.165, 1.54) is 6.07 Å². The van der Waals surface area contributed by atoms with Crippen molar-refractivity contribution < 1.29 is 27.5 Å². The molecule has 2 fully saturated rings. The van der Waals surface area contributed by atoms with Crippen molar-refractivity contribution in [2.45, 2.75) is 31.9 Å². The van der Waals surface area contributed by atoms with E-state index in [0.29, 0.717) is 30.9 Å². The number of ether oxygens (including phenoxy) is 1. The second kappa shape index (κ2) is 5.97. The van der Waals surface area contributed by atoms with Gasteiger partial charge in [0.05, 0.1) is 6.61 Å². The Hall–Kier alpha value is -2.09. The zero-order valence-corrected chi connectivity index (χ0v) is 14.1. The minimum Gasteiger partial charge on any atom is -0.381 e. The molecule has 26 heavy (non-hydrogen) atoms. The zero-order chi connectivity index (χ0) is 18.5. The van der Waals surface area contributed by atoms with Crippen LogP contribution in [0.25, 0.3) is 0 Å². The summed E-state index contributed by atoms with van der Waals surface area (Å²) >= 11 is 0. The summed E-state index contributed by atoms with van der Waals surface area (Å²) in [5, 5.41) is 2.86. The molecule has 0 radical (unpaired) electrons. The first-order valence-corrected chi connectivity index (χ1v) is 8.66. The second-order valence-electron chi connectivity index (χ2n) is 7.35. The SMILES string of the molecule is O=C(Nc1ccc2c(c1)CCC(=O)N2CC(F)(F)F)C1CC12CCOC2. The third-order valence-electron chi connectivity index (χ3n) is 5.52. The average Bonchev–Trinajstić information content (AvgIpc) is 3.06. The lowest BCUT2D eigenvalue weighted by Crippen LogP contribution is -2.41. The first kappa shape index (κ1) is 17.3. The van der Waals surface area contributed by atoms with E-state index >= 15 is 0 Å². The predicted octanol–water partition coefficient (Wildman–Crippen LogP) is 2.89. The van der Waals surface area contributed by atoms with Gasteiger partial charge in [0.1, 0.15) is 6.54 Å². The van der Waals surface area contributed by atoms with Crippen LogP contribution in [0, 0.1) is 11.3 Å². The Labute approximate surface area is 148 Å². The second-order valence-corrected chi connectivity index (χ2v) is 7.35. The summed E-state index contributed by atoms with van der Waals surface area (Å²) in [5.74, 6) is -0.674. The van der Waals surface area contributed by atoms with E-state index in [4.69, 9.17) is 4.74 Å². The van der Waals surface area contributed by atoms with E-state index in [2.05, 4.69) is 5.32 Å². The molecule has 5 nitrogen and oxygen atoms in total. The summed E-state index contributed by atoms with van der Waals surface area (Å²) < 4.78 is 43.6. The molecule has 1 spiro atoms. The maximum atomic E-state index is 12.7. The van der Waals surface area contributed by atoms with Crippen molar-refractivity contribution in [2.75, 3.05) is 30.0 Å². The van der Waals surface area contributed by atoms with Crippen molar-refractivity contribution in [2.24, 2.45) is 11.3 Å². The highest BCUT2D eigenvalue weighted by atomic mass is 19.4. The van der Waals surface area contributed by atoms with Gasteiger partial charge in [-0.25, -0.2) is 0 Å². The number of nitrogens with zero attached hydrogens (tertiary/aromatic N) is 1. The number of fused-ring (bicyclic) bond motifs is 1. The van der Waals surface area contributed by atoms with Crippen LogP contribution in [-0.2, 0) is 20.7 Å². The van der Waals surface area contributed by atoms with Crippen molar-refractivity contribution in [3.05, 3.63) is 23.8 Å². The van der Waals surface area contributed by atoms with E-state index < -0.39 is 18.6 Å². The molecule has 4 rings (SSSR count). The fraction of sp³-hybridized carbons (Fsp3) is 0.556. The molecular formula is C18H19F3N2O3. The monoisotopic (exact) mass is 368 g/mol. The molecule has 1 aliphatic carbocycles. The Bertz CT molecular complexity index is 757. The van der Waals surface area contributed by atoms with Gasteiger partial charge in [0, 0.05) is 35.7 Å². The van der Waals surface area contributed by atoms with E-state index in [9.17, 15) is 22.8 Å². The first-order valence-electron chi connectivity index (χ1n) is 8.66. The number of aryl methyl sites for hydroxylation is 1. The smallest absolute Gasteiger partial charge is 0.381 e. The number of hydrogen-bond acceptors (Lipinski definition) is 3. The number of rotatable bonds is 3. The molecule has 1 saturated heterocycles. The molecule has 0 bridgehead atoms. The number of anilines is 2. The molecule has 1 aromatic carbocycles. The predicted molar refractivity (Wildman–Crippen MR) is 87.8 cm³/mol. The molecule has 8 heteroatoms. The minimum absolute atomic E-state index is 0.0196. The maximum Gasteiger partial charge on any atom is 0.406 e. The van der Waals surface area contributed by atoms with Crippen LogP contribution in [0.1, 0.15) is 24.8 Å². The Kier molecular flexibility index (Phi) is 3.98. The molecule has 2 amide bonds. The van der Waals surface area contributed by atoms with E-state index in [1.807, 2.05) is 0 Å². The molecule has 1 N–H and O–H groups in total. The summed E-state index contributed by atoms with van der Waals surface area (Å²) in [6.45, 7) is 0.00458. The van der Waals surface area contributed by atoms with Gasteiger partial charge in [-0.2, -0.15) is 13.2 Å². The Morgan fingerprint density at radius 3 is 2.85 bits per heavy atom. The topological polar surface area (TPSA) is 58.6 Å². The van der Waals surface area contributed by atoms with Crippen molar-refractivity contribution in [1.29, 1.82) is 0 Å². The molecule has 140 valence electrons. The van der Waals surface area contributed by atoms with E-state index in [0.717, 1.165) is 17.7 Å². The number of carbonyl (C=O) groups is 2. The lowest BCUT2D eigenvalue weighted by molar-refractivity contribution is -0.132. The van der Waals surface area contributed by atoms with Gasteiger partial charge in [-0.3, -0.25) is 9.59 Å². The van der Waals surface area contributed by atoms with Crippen molar-refractivity contribution in [1.82, 2.24) is 0 Å². The van der Waals surface area contributed by atoms with E-state index in [1.54, 1.807) is 12.1 Å². The quantitative estimate of drug-likeness (QED) is 0.893. The third-order valence-corrected chi connectivity index (χ3v) is 5.52. The van der Waals surface area contributed by atoms with Gasteiger partial charge in [0.25, 0.3) is 0 Å². The standard InChI is InChI=1S/C18H19F3N2O3/c19-18(20,21)9-23-14-3-2-12(7-11(14)1-4-15(23)24)22-16(25)13-8-17(13)5-6-26-10-17/h2-3,7,13H,1,4-6,8-10H2,(H,22,25). The normalized spacial score (nSPS) is 27.6. The number of alkyl halides is 3. The molecule has 3 aliphatic rings. The summed E-state index contributed by atoms with van der Waals surface area (Å²) in [6.07, 6.45) is -2.35. The third kappa shape index (κ3) is 3.18. The van der Waals surface area contributed by atoms with Gasteiger partial charge in [-0.15, -0.1) is 0 Å². The van der Waals surface area contributed by atoms with Gasteiger partial charge < -0.3 is 15.0 Å². The summed E-state index contributed by atoms with van der Waals surface area (Å²) in [4.78, 5) is 25.1. The van der Waals surface area contributed by atoms with Gasteiger partial charge in [0.2, 0.25) is 11.8 Å². The molecular weight excluding hydrogens is 349 g/mol. The van der Waals surface area contributed by atoms with Crippen LogP contribution in [0.2, 0.25) is 0 Å². The zero-order valence-electron chi connectivity index (χ0n) is 14.1. The minimum atomic E-state index is -4.46. The fourth-order valence-electron chi connectivity index (χ4n) is 4.00. The van der Waals surface area contributed by atoms with E-state index in [-0.39, 0.29) is 29.3 Å². The summed E-state index contributed by atoms with van der Waals surface area (Å²) in [6, 6.07) is 4.71.